The highest BCUT2D eigenvalue weighted by Gasteiger charge is 2.17. The molecule has 8 heteroatoms. The summed E-state index contributed by atoms with van der Waals surface area (Å²) >= 11 is 0. The Labute approximate surface area is 108 Å². The molecule has 1 aromatic heterocycles. The predicted molar refractivity (Wildman–Crippen MR) is 64.4 cm³/mol. The van der Waals surface area contributed by atoms with Crippen LogP contribution in [-0.4, -0.2) is 41.1 Å². The number of methoxy groups -OCH3 is 1. The quantitative estimate of drug-likeness (QED) is 0.707. The standard InChI is InChI=1S/C11H17FN2O5/c1-7(19-4-3-15)5-9(18-2)14-6-8(12)10(16)13-11(14)17/h6-7,9,15H,3-5H2,1-2H3,(H,13,16,17). The zero-order valence-corrected chi connectivity index (χ0v) is 10.8. The van der Waals surface area contributed by atoms with E-state index < -0.39 is 23.3 Å². The van der Waals surface area contributed by atoms with Crippen molar-refractivity contribution in [2.45, 2.75) is 25.7 Å². The molecule has 0 aliphatic carbocycles. The molecule has 0 aromatic carbocycles. The number of ether oxygens (including phenoxy) is 2. The van der Waals surface area contributed by atoms with Gasteiger partial charge in [-0.2, -0.15) is 4.39 Å². The van der Waals surface area contributed by atoms with E-state index in [9.17, 15) is 14.0 Å². The Kier molecular flexibility index (Phi) is 5.87. The fourth-order valence-corrected chi connectivity index (χ4v) is 1.60. The molecule has 0 amide bonds. The van der Waals surface area contributed by atoms with Crippen molar-refractivity contribution < 1.29 is 19.0 Å². The molecule has 19 heavy (non-hydrogen) atoms. The first kappa shape index (κ1) is 15.5. The van der Waals surface area contributed by atoms with E-state index in [1.165, 1.54) is 7.11 Å². The van der Waals surface area contributed by atoms with Gasteiger partial charge in [0.25, 0.3) is 5.56 Å². The van der Waals surface area contributed by atoms with E-state index in [1.54, 1.807) is 6.92 Å². The monoisotopic (exact) mass is 276 g/mol. The second kappa shape index (κ2) is 7.17. The van der Waals surface area contributed by atoms with Crippen molar-refractivity contribution in [2.24, 2.45) is 0 Å². The van der Waals surface area contributed by atoms with Gasteiger partial charge in [-0.3, -0.25) is 14.3 Å². The highest BCUT2D eigenvalue weighted by Crippen LogP contribution is 2.14. The summed E-state index contributed by atoms with van der Waals surface area (Å²) in [5, 5.41) is 8.63. The van der Waals surface area contributed by atoms with Gasteiger partial charge in [-0.1, -0.05) is 0 Å². The molecular weight excluding hydrogens is 259 g/mol. The lowest BCUT2D eigenvalue weighted by Crippen LogP contribution is -2.35. The number of aliphatic hydroxyl groups excluding tert-OH is 1. The number of rotatable bonds is 7. The number of aromatic amines is 1. The number of aromatic nitrogens is 2. The molecule has 2 N–H and O–H groups in total. The highest BCUT2D eigenvalue weighted by atomic mass is 19.1. The van der Waals surface area contributed by atoms with Crippen LogP contribution in [0.15, 0.2) is 15.8 Å². The first-order valence-corrected chi connectivity index (χ1v) is 5.75. The van der Waals surface area contributed by atoms with Crippen LogP contribution in [-0.2, 0) is 9.47 Å². The minimum Gasteiger partial charge on any atom is -0.394 e. The fourth-order valence-electron chi connectivity index (χ4n) is 1.60. The predicted octanol–water partition coefficient (Wildman–Crippen LogP) is -0.392. The number of hydrogen-bond acceptors (Lipinski definition) is 5. The first-order valence-electron chi connectivity index (χ1n) is 5.75. The van der Waals surface area contributed by atoms with Crippen LogP contribution in [0.1, 0.15) is 19.6 Å². The molecule has 1 aromatic rings. The van der Waals surface area contributed by atoms with E-state index in [-0.39, 0.29) is 25.7 Å². The van der Waals surface area contributed by atoms with E-state index in [1.807, 2.05) is 4.98 Å². The molecule has 7 nitrogen and oxygen atoms in total. The van der Waals surface area contributed by atoms with Crippen molar-refractivity contribution in [1.29, 1.82) is 0 Å². The van der Waals surface area contributed by atoms with Crippen LogP contribution in [0.4, 0.5) is 4.39 Å². The molecule has 0 radical (unpaired) electrons. The maximum absolute atomic E-state index is 13.2. The van der Waals surface area contributed by atoms with Gasteiger partial charge >= 0.3 is 5.69 Å². The molecule has 0 bridgehead atoms. The Morgan fingerprint density at radius 3 is 2.79 bits per heavy atom. The number of aliphatic hydroxyl groups is 1. The zero-order valence-electron chi connectivity index (χ0n) is 10.8. The van der Waals surface area contributed by atoms with Gasteiger partial charge in [0.2, 0.25) is 5.82 Å². The largest absolute Gasteiger partial charge is 0.394 e. The average Bonchev–Trinajstić information content (AvgIpc) is 2.38. The highest BCUT2D eigenvalue weighted by molar-refractivity contribution is 4.88. The van der Waals surface area contributed by atoms with Gasteiger partial charge in [-0.15, -0.1) is 0 Å². The first-order chi connectivity index (χ1) is 8.99. The maximum Gasteiger partial charge on any atom is 0.330 e. The maximum atomic E-state index is 13.2. The van der Waals surface area contributed by atoms with Crippen molar-refractivity contribution in [3.05, 3.63) is 32.9 Å². The molecular formula is C11H17FN2O5. The number of H-pyrrole nitrogens is 1. The minimum atomic E-state index is -1.07. The van der Waals surface area contributed by atoms with Crippen LogP contribution < -0.4 is 11.2 Å². The number of halogens is 1. The molecule has 108 valence electrons. The molecule has 0 saturated carbocycles. The van der Waals surface area contributed by atoms with Gasteiger partial charge < -0.3 is 14.6 Å². The summed E-state index contributed by atoms with van der Waals surface area (Å²) in [4.78, 5) is 24.4. The second-order valence-electron chi connectivity index (χ2n) is 3.97. The summed E-state index contributed by atoms with van der Waals surface area (Å²) in [6.07, 6.45) is -0.0118. The van der Waals surface area contributed by atoms with Crippen LogP contribution in [0, 0.1) is 5.82 Å². The molecule has 0 aliphatic heterocycles. The van der Waals surface area contributed by atoms with E-state index >= 15 is 0 Å². The van der Waals surface area contributed by atoms with Crippen molar-refractivity contribution in [3.8, 4) is 0 Å². The van der Waals surface area contributed by atoms with Gasteiger partial charge in [0, 0.05) is 13.5 Å². The summed E-state index contributed by atoms with van der Waals surface area (Å²) in [6.45, 7) is 1.77. The Balaban J connectivity index is 2.88. The lowest BCUT2D eigenvalue weighted by atomic mass is 10.2. The second-order valence-corrected chi connectivity index (χ2v) is 3.97. The van der Waals surface area contributed by atoms with E-state index in [2.05, 4.69) is 0 Å². The van der Waals surface area contributed by atoms with Crippen molar-refractivity contribution in [3.63, 3.8) is 0 Å². The zero-order chi connectivity index (χ0) is 14.4. The van der Waals surface area contributed by atoms with E-state index in [0.29, 0.717) is 0 Å². The molecule has 0 fully saturated rings. The molecule has 1 rings (SSSR count). The molecule has 0 aliphatic rings. The summed E-state index contributed by atoms with van der Waals surface area (Å²) in [5.41, 5.74) is -1.83. The van der Waals surface area contributed by atoms with Crippen LogP contribution in [0.25, 0.3) is 0 Å². The van der Waals surface area contributed by atoms with Crippen molar-refractivity contribution >= 4 is 0 Å². The summed E-state index contributed by atoms with van der Waals surface area (Å²) in [5.74, 6) is -1.06. The topological polar surface area (TPSA) is 93.5 Å². The van der Waals surface area contributed by atoms with Crippen LogP contribution in [0.3, 0.4) is 0 Å². The third kappa shape index (κ3) is 4.27. The number of hydrogen-bond donors (Lipinski definition) is 2. The third-order valence-corrected chi connectivity index (χ3v) is 2.53. The normalized spacial score (nSPS) is 14.3. The van der Waals surface area contributed by atoms with Gasteiger partial charge in [0.05, 0.1) is 25.5 Å². The van der Waals surface area contributed by atoms with Gasteiger partial charge in [0.15, 0.2) is 0 Å². The molecule has 0 spiro atoms. The van der Waals surface area contributed by atoms with Gasteiger partial charge in [-0.25, -0.2) is 4.79 Å². The lowest BCUT2D eigenvalue weighted by molar-refractivity contribution is -0.0330. The molecule has 2 atom stereocenters. The summed E-state index contributed by atoms with van der Waals surface area (Å²) < 4.78 is 24.4. The van der Waals surface area contributed by atoms with E-state index in [0.717, 1.165) is 10.8 Å². The molecule has 1 heterocycles. The Morgan fingerprint density at radius 1 is 1.53 bits per heavy atom. The van der Waals surface area contributed by atoms with Crippen LogP contribution in [0.5, 0.6) is 0 Å². The van der Waals surface area contributed by atoms with Gasteiger partial charge in [-0.05, 0) is 6.92 Å². The lowest BCUT2D eigenvalue weighted by Gasteiger charge is -2.21. The summed E-state index contributed by atoms with van der Waals surface area (Å²) in [6, 6.07) is 0. The summed E-state index contributed by atoms with van der Waals surface area (Å²) in [7, 11) is 1.36. The fraction of sp³-hybridized carbons (Fsp3) is 0.636. The smallest absolute Gasteiger partial charge is 0.330 e. The SMILES string of the molecule is COC(CC(C)OCCO)n1cc(F)c(=O)[nH]c1=O. The Hall–Kier alpha value is -1.51. The van der Waals surface area contributed by atoms with E-state index in [4.69, 9.17) is 14.6 Å². The van der Waals surface area contributed by atoms with Gasteiger partial charge in [0.1, 0.15) is 6.23 Å². The minimum absolute atomic E-state index is 0.116. The Bertz CT molecular complexity index is 513. The van der Waals surface area contributed by atoms with Crippen LogP contribution in [0.2, 0.25) is 0 Å². The van der Waals surface area contributed by atoms with Crippen molar-refractivity contribution in [2.75, 3.05) is 20.3 Å². The third-order valence-electron chi connectivity index (χ3n) is 2.53. The molecule has 2 unspecified atom stereocenters. The average molecular weight is 276 g/mol. The number of nitrogens with zero attached hydrogens (tertiary/aromatic N) is 1. The Morgan fingerprint density at radius 2 is 2.21 bits per heavy atom. The molecule has 0 saturated heterocycles. The van der Waals surface area contributed by atoms with Crippen LogP contribution >= 0.6 is 0 Å². The van der Waals surface area contributed by atoms with Crippen molar-refractivity contribution in [1.82, 2.24) is 9.55 Å². The number of nitrogens with one attached hydrogen (secondary N) is 1.